The van der Waals surface area contributed by atoms with Crippen molar-refractivity contribution in [3.05, 3.63) is 65.7 Å². The molecule has 2 atom stereocenters. The molecule has 3 rings (SSSR count). The summed E-state index contributed by atoms with van der Waals surface area (Å²) >= 11 is 0. The van der Waals surface area contributed by atoms with Gasteiger partial charge in [-0.3, -0.25) is 0 Å². The highest BCUT2D eigenvalue weighted by atomic mass is 127. The Bertz CT molecular complexity index is 808. The van der Waals surface area contributed by atoms with Gasteiger partial charge in [0, 0.05) is 31.2 Å². The fourth-order valence-electron chi connectivity index (χ4n) is 3.64. The van der Waals surface area contributed by atoms with Gasteiger partial charge in [-0.05, 0) is 31.4 Å². The quantitative estimate of drug-likeness (QED) is 0.275. The molecule has 0 amide bonds. The number of halogens is 3. The summed E-state index contributed by atoms with van der Waals surface area (Å²) in [6.45, 7) is 1.54. The Morgan fingerprint density at radius 1 is 1.13 bits per heavy atom. The molecule has 0 aromatic heterocycles. The van der Waals surface area contributed by atoms with E-state index in [9.17, 15) is 8.78 Å². The number of hydrogen-bond acceptors (Lipinski definition) is 3. The number of para-hydroxylation sites is 1. The normalized spacial score (nSPS) is 18.9. The second-order valence-corrected chi connectivity index (χ2v) is 7.17. The SMILES string of the molecule is CCNC(=NCc1ccccc1OC(F)F)NCC1CCCOC1c1ccccc1.I. The molecule has 1 fully saturated rings. The summed E-state index contributed by atoms with van der Waals surface area (Å²) in [5.41, 5.74) is 1.79. The fraction of sp³-hybridized carbons (Fsp3) is 0.435. The summed E-state index contributed by atoms with van der Waals surface area (Å²) in [4.78, 5) is 4.56. The Balaban J connectivity index is 0.00000341. The van der Waals surface area contributed by atoms with Crippen LogP contribution in [0.3, 0.4) is 0 Å². The van der Waals surface area contributed by atoms with Gasteiger partial charge in [-0.15, -0.1) is 24.0 Å². The van der Waals surface area contributed by atoms with E-state index in [2.05, 4.69) is 32.5 Å². The first-order valence-corrected chi connectivity index (χ1v) is 10.4. The third-order valence-corrected chi connectivity index (χ3v) is 5.05. The van der Waals surface area contributed by atoms with Gasteiger partial charge in [0.05, 0.1) is 12.6 Å². The van der Waals surface area contributed by atoms with E-state index in [0.717, 1.165) is 19.4 Å². The largest absolute Gasteiger partial charge is 0.434 e. The van der Waals surface area contributed by atoms with Crippen molar-refractivity contribution in [1.82, 2.24) is 10.6 Å². The number of rotatable bonds is 8. The first-order valence-electron chi connectivity index (χ1n) is 10.4. The second-order valence-electron chi connectivity index (χ2n) is 7.17. The van der Waals surface area contributed by atoms with E-state index in [1.807, 2.05) is 25.1 Å². The van der Waals surface area contributed by atoms with E-state index >= 15 is 0 Å². The van der Waals surface area contributed by atoms with Gasteiger partial charge in [-0.1, -0.05) is 48.5 Å². The number of benzene rings is 2. The van der Waals surface area contributed by atoms with E-state index in [0.29, 0.717) is 30.5 Å². The first-order chi connectivity index (χ1) is 14.7. The molecular weight excluding hydrogens is 515 g/mol. The van der Waals surface area contributed by atoms with Crippen molar-refractivity contribution in [3.63, 3.8) is 0 Å². The van der Waals surface area contributed by atoms with Crippen LogP contribution in [-0.2, 0) is 11.3 Å². The highest BCUT2D eigenvalue weighted by molar-refractivity contribution is 14.0. The number of hydrogen-bond donors (Lipinski definition) is 2. The maximum atomic E-state index is 12.6. The first kappa shape index (κ1) is 25.3. The smallest absolute Gasteiger partial charge is 0.387 e. The van der Waals surface area contributed by atoms with Gasteiger partial charge >= 0.3 is 6.61 Å². The van der Waals surface area contributed by atoms with Crippen molar-refractivity contribution >= 4 is 29.9 Å². The lowest BCUT2D eigenvalue weighted by Gasteiger charge is -2.32. The summed E-state index contributed by atoms with van der Waals surface area (Å²) in [7, 11) is 0. The summed E-state index contributed by atoms with van der Waals surface area (Å²) < 4.78 is 35.9. The van der Waals surface area contributed by atoms with Crippen LogP contribution in [0.2, 0.25) is 0 Å². The van der Waals surface area contributed by atoms with Crippen LogP contribution < -0.4 is 15.4 Å². The maximum Gasteiger partial charge on any atom is 0.387 e. The van der Waals surface area contributed by atoms with Gasteiger partial charge in [0.1, 0.15) is 5.75 Å². The number of alkyl halides is 2. The Morgan fingerprint density at radius 3 is 2.61 bits per heavy atom. The van der Waals surface area contributed by atoms with Crippen LogP contribution in [0.1, 0.15) is 37.0 Å². The Hall–Kier alpha value is -1.94. The number of aliphatic imine (C=N–C) groups is 1. The number of nitrogens with one attached hydrogen (secondary N) is 2. The summed E-state index contributed by atoms with van der Waals surface area (Å²) in [6, 6.07) is 17.0. The lowest BCUT2D eigenvalue weighted by Crippen LogP contribution is -2.42. The van der Waals surface area contributed by atoms with Gasteiger partial charge in [-0.25, -0.2) is 4.99 Å². The van der Waals surface area contributed by atoms with Crippen LogP contribution in [0.5, 0.6) is 5.75 Å². The van der Waals surface area contributed by atoms with Crippen LogP contribution in [0, 0.1) is 5.92 Å². The summed E-state index contributed by atoms with van der Waals surface area (Å²) in [6.07, 6.45) is 2.15. The minimum Gasteiger partial charge on any atom is -0.434 e. The maximum absolute atomic E-state index is 12.6. The predicted octanol–water partition coefficient (Wildman–Crippen LogP) is 5.13. The highest BCUT2D eigenvalue weighted by Gasteiger charge is 2.27. The molecule has 170 valence electrons. The molecule has 1 aliphatic rings. The zero-order valence-corrected chi connectivity index (χ0v) is 19.9. The van der Waals surface area contributed by atoms with Gasteiger partial charge in [0.25, 0.3) is 0 Å². The zero-order valence-electron chi connectivity index (χ0n) is 17.6. The summed E-state index contributed by atoms with van der Waals surface area (Å²) in [5.74, 6) is 1.11. The molecule has 0 spiro atoms. The van der Waals surface area contributed by atoms with E-state index in [4.69, 9.17) is 4.74 Å². The van der Waals surface area contributed by atoms with Crippen molar-refractivity contribution in [2.75, 3.05) is 19.7 Å². The Kier molecular flexibility index (Phi) is 11.0. The molecule has 0 aliphatic carbocycles. The lowest BCUT2D eigenvalue weighted by molar-refractivity contribution is -0.0504. The molecule has 1 saturated heterocycles. The third-order valence-electron chi connectivity index (χ3n) is 5.05. The topological polar surface area (TPSA) is 54.9 Å². The molecule has 2 aromatic rings. The number of guanidine groups is 1. The lowest BCUT2D eigenvalue weighted by atomic mass is 9.89. The monoisotopic (exact) mass is 545 g/mol. The molecule has 0 bridgehead atoms. The predicted molar refractivity (Wildman–Crippen MR) is 129 cm³/mol. The van der Waals surface area contributed by atoms with Crippen molar-refractivity contribution in [2.24, 2.45) is 10.9 Å². The van der Waals surface area contributed by atoms with Crippen LogP contribution in [0.4, 0.5) is 8.78 Å². The minimum absolute atomic E-state index is 0. The number of ether oxygens (including phenoxy) is 2. The molecule has 5 nitrogen and oxygen atoms in total. The Labute approximate surface area is 199 Å². The molecule has 1 heterocycles. The van der Waals surface area contributed by atoms with Crippen molar-refractivity contribution in [2.45, 2.75) is 39.0 Å². The average Bonchev–Trinajstić information content (AvgIpc) is 2.77. The molecule has 2 aromatic carbocycles. The Morgan fingerprint density at radius 2 is 1.87 bits per heavy atom. The van der Waals surface area contributed by atoms with Gasteiger partial charge < -0.3 is 20.1 Å². The van der Waals surface area contributed by atoms with E-state index < -0.39 is 6.61 Å². The molecule has 2 unspecified atom stereocenters. The third kappa shape index (κ3) is 7.92. The molecule has 1 aliphatic heterocycles. The molecule has 8 heteroatoms. The average molecular weight is 545 g/mol. The van der Waals surface area contributed by atoms with Gasteiger partial charge in [0.15, 0.2) is 5.96 Å². The number of nitrogens with zero attached hydrogens (tertiary/aromatic N) is 1. The fourth-order valence-corrected chi connectivity index (χ4v) is 3.64. The standard InChI is InChI=1S/C23H29F2N3O2.HI/c1-2-26-23(27-15-18-11-6-7-13-20(18)30-22(24)25)28-16-19-12-8-14-29-21(19)17-9-4-3-5-10-17;/h3-7,9-11,13,19,21-22H,2,8,12,14-16H2,1H3,(H2,26,27,28);1H. The van der Waals surface area contributed by atoms with Crippen molar-refractivity contribution in [3.8, 4) is 5.75 Å². The highest BCUT2D eigenvalue weighted by Crippen LogP contribution is 2.33. The van der Waals surface area contributed by atoms with E-state index in [1.54, 1.807) is 18.2 Å². The summed E-state index contributed by atoms with van der Waals surface area (Å²) in [5, 5.41) is 6.61. The zero-order chi connectivity index (χ0) is 21.2. The van der Waals surface area contributed by atoms with Crippen LogP contribution in [-0.4, -0.2) is 32.3 Å². The van der Waals surface area contributed by atoms with E-state index in [-0.39, 0.29) is 42.4 Å². The molecule has 0 saturated carbocycles. The van der Waals surface area contributed by atoms with E-state index in [1.165, 1.54) is 11.6 Å². The molecule has 0 radical (unpaired) electrons. The second kappa shape index (κ2) is 13.5. The van der Waals surface area contributed by atoms with Crippen LogP contribution >= 0.6 is 24.0 Å². The van der Waals surface area contributed by atoms with Gasteiger partial charge in [-0.2, -0.15) is 8.78 Å². The van der Waals surface area contributed by atoms with Crippen molar-refractivity contribution < 1.29 is 18.3 Å². The molecule has 2 N–H and O–H groups in total. The molecule has 31 heavy (non-hydrogen) atoms. The minimum atomic E-state index is -2.86. The van der Waals surface area contributed by atoms with Crippen molar-refractivity contribution in [1.29, 1.82) is 0 Å². The van der Waals surface area contributed by atoms with Gasteiger partial charge in [0.2, 0.25) is 0 Å². The van der Waals surface area contributed by atoms with Crippen LogP contribution in [0.25, 0.3) is 0 Å². The molecular formula is C23H30F2IN3O2. The van der Waals surface area contributed by atoms with Crippen LogP contribution in [0.15, 0.2) is 59.6 Å².